The molecule has 0 aliphatic carbocycles. The van der Waals surface area contributed by atoms with Gasteiger partial charge in [-0.15, -0.1) is 0 Å². The molecule has 1 aromatic heterocycles. The Balaban J connectivity index is 0.000000217. The summed E-state index contributed by atoms with van der Waals surface area (Å²) < 4.78 is 8.88. The van der Waals surface area contributed by atoms with Gasteiger partial charge in [0.2, 0.25) is 5.56 Å². The molecular formula is C5H8NO5P. The number of phosphoric acid groups is 1. The number of aromatic nitrogens is 1. The zero-order chi connectivity index (χ0) is 9.61. The zero-order valence-corrected chi connectivity index (χ0v) is 6.81. The second kappa shape index (κ2) is 4.84. The first-order chi connectivity index (χ1) is 5.39. The molecule has 0 amide bonds. The highest BCUT2D eigenvalue weighted by molar-refractivity contribution is 7.45. The van der Waals surface area contributed by atoms with E-state index in [0.29, 0.717) is 0 Å². The Hall–Kier alpha value is -0.940. The van der Waals surface area contributed by atoms with E-state index in [9.17, 15) is 4.79 Å². The molecule has 0 unspecified atom stereocenters. The van der Waals surface area contributed by atoms with Gasteiger partial charge in [-0.3, -0.25) is 4.79 Å². The van der Waals surface area contributed by atoms with Gasteiger partial charge in [0.25, 0.3) is 0 Å². The fourth-order valence-electron chi connectivity index (χ4n) is 0.377. The number of aromatic amines is 1. The van der Waals surface area contributed by atoms with Gasteiger partial charge in [0.05, 0.1) is 0 Å². The number of nitrogens with one attached hydrogen (secondary N) is 1. The molecule has 0 radical (unpaired) electrons. The Morgan fingerprint density at radius 1 is 1.25 bits per heavy atom. The first-order valence-electron chi connectivity index (χ1n) is 2.81. The summed E-state index contributed by atoms with van der Waals surface area (Å²) in [6.07, 6.45) is 1.60. The van der Waals surface area contributed by atoms with Crippen molar-refractivity contribution in [1.29, 1.82) is 0 Å². The standard InChI is InChI=1S/C5H5NO.H3O4P/c7-5-3-1-2-4-6-5;1-5(2,3)4/h1-4H,(H,6,7);(H3,1,2,3,4). The largest absolute Gasteiger partial charge is 0.466 e. The van der Waals surface area contributed by atoms with Crippen LogP contribution < -0.4 is 5.56 Å². The van der Waals surface area contributed by atoms with Crippen LogP contribution in [-0.2, 0) is 4.57 Å². The Labute approximate surface area is 67.8 Å². The molecule has 0 bridgehead atoms. The molecule has 0 saturated carbocycles. The quantitative estimate of drug-likeness (QED) is 0.413. The number of H-pyrrole nitrogens is 1. The van der Waals surface area contributed by atoms with Crippen LogP contribution in [0, 0.1) is 0 Å². The monoisotopic (exact) mass is 193 g/mol. The molecule has 12 heavy (non-hydrogen) atoms. The highest BCUT2D eigenvalue weighted by Gasteiger charge is 2.00. The second-order valence-corrected chi connectivity index (χ2v) is 2.77. The van der Waals surface area contributed by atoms with Crippen molar-refractivity contribution in [1.82, 2.24) is 4.98 Å². The van der Waals surface area contributed by atoms with E-state index in [0.717, 1.165) is 0 Å². The first kappa shape index (κ1) is 11.1. The Bertz CT molecular complexity index is 290. The molecular weight excluding hydrogens is 185 g/mol. The lowest BCUT2D eigenvalue weighted by Gasteiger charge is -1.82. The van der Waals surface area contributed by atoms with Crippen molar-refractivity contribution in [3.8, 4) is 0 Å². The lowest BCUT2D eigenvalue weighted by Crippen LogP contribution is -1.98. The summed E-state index contributed by atoms with van der Waals surface area (Å²) in [5, 5.41) is 0. The van der Waals surface area contributed by atoms with Crippen LogP contribution in [0.2, 0.25) is 0 Å². The van der Waals surface area contributed by atoms with Crippen LogP contribution >= 0.6 is 7.82 Å². The van der Waals surface area contributed by atoms with Crippen LogP contribution in [0.25, 0.3) is 0 Å². The summed E-state index contributed by atoms with van der Waals surface area (Å²) in [4.78, 5) is 34.3. The number of rotatable bonds is 0. The minimum atomic E-state index is -4.64. The third kappa shape index (κ3) is 11.8. The molecule has 6 nitrogen and oxygen atoms in total. The minimum Gasteiger partial charge on any atom is -0.329 e. The Kier molecular flexibility index (Phi) is 4.46. The van der Waals surface area contributed by atoms with Crippen molar-refractivity contribution < 1.29 is 19.2 Å². The molecule has 1 aromatic rings. The highest BCUT2D eigenvalue weighted by atomic mass is 31.2. The predicted molar refractivity (Wildman–Crippen MR) is 41.3 cm³/mol. The molecule has 0 aromatic carbocycles. The molecule has 0 aliphatic heterocycles. The average molecular weight is 193 g/mol. The lowest BCUT2D eigenvalue weighted by molar-refractivity contribution is 0.275. The number of hydrogen-bond donors (Lipinski definition) is 4. The summed E-state index contributed by atoms with van der Waals surface area (Å²) >= 11 is 0. The summed E-state index contributed by atoms with van der Waals surface area (Å²) in [7, 11) is -4.64. The number of hydrogen-bond acceptors (Lipinski definition) is 2. The van der Waals surface area contributed by atoms with Gasteiger partial charge < -0.3 is 19.7 Å². The normalized spacial score (nSPS) is 9.92. The summed E-state index contributed by atoms with van der Waals surface area (Å²) in [5.74, 6) is 0. The van der Waals surface area contributed by atoms with Crippen LogP contribution in [0.1, 0.15) is 0 Å². The second-order valence-electron chi connectivity index (χ2n) is 1.74. The van der Waals surface area contributed by atoms with Crippen LogP contribution in [0.3, 0.4) is 0 Å². The SMILES string of the molecule is O=P(O)(O)O.O=c1cccc[nH]1. The summed E-state index contributed by atoms with van der Waals surface area (Å²) in [6, 6.07) is 4.93. The zero-order valence-electron chi connectivity index (χ0n) is 5.91. The molecule has 0 fully saturated rings. The van der Waals surface area contributed by atoms with Gasteiger partial charge in [-0.1, -0.05) is 6.07 Å². The van der Waals surface area contributed by atoms with E-state index >= 15 is 0 Å². The van der Waals surface area contributed by atoms with Crippen molar-refractivity contribution in [3.63, 3.8) is 0 Å². The fraction of sp³-hybridized carbons (Fsp3) is 0. The molecule has 0 spiro atoms. The maximum absolute atomic E-state index is 10.2. The van der Waals surface area contributed by atoms with Gasteiger partial charge in [0.1, 0.15) is 0 Å². The van der Waals surface area contributed by atoms with E-state index in [-0.39, 0.29) is 5.56 Å². The summed E-state index contributed by atoms with van der Waals surface area (Å²) in [6.45, 7) is 0. The van der Waals surface area contributed by atoms with Gasteiger partial charge in [-0.2, -0.15) is 0 Å². The van der Waals surface area contributed by atoms with Crippen LogP contribution in [0.4, 0.5) is 0 Å². The van der Waals surface area contributed by atoms with Gasteiger partial charge >= 0.3 is 7.82 Å². The third-order valence-electron chi connectivity index (χ3n) is 0.681. The van der Waals surface area contributed by atoms with Gasteiger partial charge in [0, 0.05) is 12.3 Å². The number of pyridine rings is 1. The Morgan fingerprint density at radius 3 is 1.92 bits per heavy atom. The summed E-state index contributed by atoms with van der Waals surface area (Å²) in [5.41, 5.74) is -0.0532. The molecule has 0 aliphatic rings. The molecule has 0 atom stereocenters. The topological polar surface area (TPSA) is 111 Å². The molecule has 0 saturated heterocycles. The first-order valence-corrected chi connectivity index (χ1v) is 4.38. The van der Waals surface area contributed by atoms with E-state index in [1.807, 2.05) is 0 Å². The maximum atomic E-state index is 10.2. The van der Waals surface area contributed by atoms with Gasteiger partial charge in [0.15, 0.2) is 0 Å². The fourth-order valence-corrected chi connectivity index (χ4v) is 0.377. The van der Waals surface area contributed by atoms with Crippen molar-refractivity contribution in [2.75, 3.05) is 0 Å². The van der Waals surface area contributed by atoms with Crippen molar-refractivity contribution in [2.45, 2.75) is 0 Å². The van der Waals surface area contributed by atoms with Crippen molar-refractivity contribution in [2.24, 2.45) is 0 Å². The molecule has 7 heteroatoms. The van der Waals surface area contributed by atoms with E-state index in [1.54, 1.807) is 18.3 Å². The third-order valence-corrected chi connectivity index (χ3v) is 0.681. The predicted octanol–water partition coefficient (Wildman–Crippen LogP) is -0.554. The van der Waals surface area contributed by atoms with Crippen molar-refractivity contribution in [3.05, 3.63) is 34.7 Å². The molecule has 1 heterocycles. The minimum absolute atomic E-state index is 0.0532. The maximum Gasteiger partial charge on any atom is 0.466 e. The molecule has 1 rings (SSSR count). The smallest absolute Gasteiger partial charge is 0.329 e. The van der Waals surface area contributed by atoms with Gasteiger partial charge in [-0.05, 0) is 6.07 Å². The molecule has 4 N–H and O–H groups in total. The lowest BCUT2D eigenvalue weighted by atomic mass is 10.5. The van der Waals surface area contributed by atoms with Crippen LogP contribution in [0.5, 0.6) is 0 Å². The van der Waals surface area contributed by atoms with Crippen LogP contribution in [-0.4, -0.2) is 19.7 Å². The van der Waals surface area contributed by atoms with E-state index in [2.05, 4.69) is 4.98 Å². The Morgan fingerprint density at radius 2 is 1.75 bits per heavy atom. The highest BCUT2D eigenvalue weighted by Crippen LogP contribution is 2.25. The average Bonchev–Trinajstić information content (AvgIpc) is 1.85. The van der Waals surface area contributed by atoms with E-state index < -0.39 is 7.82 Å². The molecule has 68 valence electrons. The van der Waals surface area contributed by atoms with E-state index in [1.165, 1.54) is 6.07 Å². The van der Waals surface area contributed by atoms with E-state index in [4.69, 9.17) is 19.2 Å². The van der Waals surface area contributed by atoms with Crippen LogP contribution in [0.15, 0.2) is 29.2 Å². The van der Waals surface area contributed by atoms with Crippen molar-refractivity contribution >= 4 is 7.82 Å². The van der Waals surface area contributed by atoms with Gasteiger partial charge in [-0.25, -0.2) is 4.57 Å².